The van der Waals surface area contributed by atoms with Crippen molar-refractivity contribution in [3.63, 3.8) is 0 Å². The minimum absolute atomic E-state index is 0.0499. The molecule has 1 atom stereocenters. The SMILES string of the molecule is CCC(C)NC(=O)c1ccccc1NC(=S)NC(=O)/C=C/c1ccc(OC)c(OC)c1. The maximum atomic E-state index is 12.5. The molecule has 0 saturated heterocycles. The van der Waals surface area contributed by atoms with Crippen molar-refractivity contribution in [1.82, 2.24) is 10.6 Å². The third-order valence-electron chi connectivity index (χ3n) is 4.48. The Kier molecular flexibility index (Phi) is 9.02. The number of hydrogen-bond donors (Lipinski definition) is 3. The molecule has 31 heavy (non-hydrogen) atoms. The number of carbonyl (C=O) groups excluding carboxylic acids is 2. The maximum Gasteiger partial charge on any atom is 0.253 e. The van der Waals surface area contributed by atoms with Gasteiger partial charge in [0.05, 0.1) is 25.5 Å². The summed E-state index contributed by atoms with van der Waals surface area (Å²) in [6, 6.07) is 12.3. The van der Waals surface area contributed by atoms with Crippen LogP contribution in [0, 0.1) is 0 Å². The molecule has 0 radical (unpaired) electrons. The highest BCUT2D eigenvalue weighted by Gasteiger charge is 2.14. The number of nitrogens with one attached hydrogen (secondary N) is 3. The van der Waals surface area contributed by atoms with E-state index in [1.165, 1.54) is 6.08 Å². The molecule has 2 aromatic carbocycles. The highest BCUT2D eigenvalue weighted by atomic mass is 32.1. The Balaban J connectivity index is 2.01. The van der Waals surface area contributed by atoms with Crippen molar-refractivity contribution in [3.8, 4) is 11.5 Å². The number of methoxy groups -OCH3 is 2. The van der Waals surface area contributed by atoms with Crippen molar-refractivity contribution in [2.24, 2.45) is 0 Å². The van der Waals surface area contributed by atoms with Crippen molar-refractivity contribution >= 4 is 40.9 Å². The number of hydrogen-bond acceptors (Lipinski definition) is 5. The van der Waals surface area contributed by atoms with Crippen molar-refractivity contribution in [2.45, 2.75) is 26.3 Å². The molecule has 0 aliphatic rings. The predicted octanol–water partition coefficient (Wildman–Crippen LogP) is 3.76. The van der Waals surface area contributed by atoms with Gasteiger partial charge in [0.15, 0.2) is 16.6 Å². The number of rotatable bonds is 8. The number of para-hydroxylation sites is 1. The van der Waals surface area contributed by atoms with Crippen LogP contribution >= 0.6 is 12.2 Å². The Hall–Kier alpha value is -3.39. The summed E-state index contributed by atoms with van der Waals surface area (Å²) < 4.78 is 10.5. The number of ether oxygens (including phenoxy) is 2. The zero-order valence-corrected chi connectivity index (χ0v) is 18.8. The molecule has 164 valence electrons. The van der Waals surface area contributed by atoms with E-state index in [0.717, 1.165) is 12.0 Å². The predicted molar refractivity (Wildman–Crippen MR) is 127 cm³/mol. The molecule has 1 unspecified atom stereocenters. The molecule has 2 aromatic rings. The van der Waals surface area contributed by atoms with Gasteiger partial charge in [-0.3, -0.25) is 14.9 Å². The summed E-state index contributed by atoms with van der Waals surface area (Å²) in [5.41, 5.74) is 1.72. The highest BCUT2D eigenvalue weighted by Crippen LogP contribution is 2.27. The summed E-state index contributed by atoms with van der Waals surface area (Å²) in [5, 5.41) is 8.49. The molecule has 3 N–H and O–H groups in total. The lowest BCUT2D eigenvalue weighted by atomic mass is 10.1. The third-order valence-corrected chi connectivity index (χ3v) is 4.69. The van der Waals surface area contributed by atoms with E-state index in [9.17, 15) is 9.59 Å². The van der Waals surface area contributed by atoms with Crippen molar-refractivity contribution < 1.29 is 19.1 Å². The molecule has 8 heteroatoms. The van der Waals surface area contributed by atoms with Crippen LogP contribution in [-0.4, -0.2) is 37.2 Å². The van der Waals surface area contributed by atoms with E-state index in [1.807, 2.05) is 13.8 Å². The molecule has 0 saturated carbocycles. The summed E-state index contributed by atoms with van der Waals surface area (Å²) in [7, 11) is 3.10. The van der Waals surface area contributed by atoms with Crippen LogP contribution < -0.4 is 25.4 Å². The second kappa shape index (κ2) is 11.7. The number of benzene rings is 2. The van der Waals surface area contributed by atoms with Gasteiger partial charge in [-0.15, -0.1) is 0 Å². The molecule has 0 aromatic heterocycles. The minimum Gasteiger partial charge on any atom is -0.493 e. The van der Waals surface area contributed by atoms with E-state index in [1.54, 1.807) is 62.8 Å². The summed E-state index contributed by atoms with van der Waals surface area (Å²) in [6.07, 6.45) is 3.81. The van der Waals surface area contributed by atoms with Gasteiger partial charge in [0.1, 0.15) is 0 Å². The lowest BCUT2D eigenvalue weighted by molar-refractivity contribution is -0.115. The Morgan fingerprint density at radius 1 is 1.10 bits per heavy atom. The van der Waals surface area contributed by atoms with Crippen LogP contribution in [0.25, 0.3) is 6.08 Å². The molecule has 0 bridgehead atoms. The fourth-order valence-electron chi connectivity index (χ4n) is 2.63. The van der Waals surface area contributed by atoms with E-state index in [0.29, 0.717) is 22.7 Å². The second-order valence-electron chi connectivity index (χ2n) is 6.72. The largest absolute Gasteiger partial charge is 0.493 e. The Morgan fingerprint density at radius 2 is 1.81 bits per heavy atom. The van der Waals surface area contributed by atoms with Crippen LogP contribution in [0.15, 0.2) is 48.5 Å². The van der Waals surface area contributed by atoms with Gasteiger partial charge >= 0.3 is 0 Å². The monoisotopic (exact) mass is 441 g/mol. The zero-order valence-electron chi connectivity index (χ0n) is 18.0. The molecule has 0 fully saturated rings. The number of amides is 2. The standard InChI is InChI=1S/C23H27N3O4S/c1-5-15(2)24-22(28)17-8-6-7-9-18(17)25-23(31)26-21(27)13-11-16-10-12-19(29-3)20(14-16)30-4/h6-15H,5H2,1-4H3,(H,24,28)(H2,25,26,27,31)/b13-11+. The molecule has 0 spiro atoms. The Morgan fingerprint density at radius 3 is 2.48 bits per heavy atom. The first-order chi connectivity index (χ1) is 14.9. The van der Waals surface area contributed by atoms with Crippen LogP contribution in [0.5, 0.6) is 11.5 Å². The van der Waals surface area contributed by atoms with Crippen molar-refractivity contribution in [2.75, 3.05) is 19.5 Å². The molecular formula is C23H27N3O4S. The molecule has 0 aliphatic heterocycles. The summed E-state index contributed by atoms with van der Waals surface area (Å²) in [4.78, 5) is 24.7. The number of anilines is 1. The van der Waals surface area contributed by atoms with Gasteiger partial charge in [-0.05, 0) is 61.5 Å². The third kappa shape index (κ3) is 7.11. The zero-order chi connectivity index (χ0) is 22.8. The van der Waals surface area contributed by atoms with Gasteiger partial charge in [-0.25, -0.2) is 0 Å². The first kappa shape index (κ1) is 23.9. The van der Waals surface area contributed by atoms with Gasteiger partial charge in [-0.2, -0.15) is 0 Å². The smallest absolute Gasteiger partial charge is 0.253 e. The van der Waals surface area contributed by atoms with Crippen LogP contribution in [-0.2, 0) is 4.79 Å². The summed E-state index contributed by atoms with van der Waals surface area (Å²) in [6.45, 7) is 3.93. The fraction of sp³-hybridized carbons (Fsp3) is 0.261. The van der Waals surface area contributed by atoms with Crippen molar-refractivity contribution in [3.05, 3.63) is 59.7 Å². The molecule has 0 aliphatic carbocycles. The Labute approximate surface area is 187 Å². The lowest BCUT2D eigenvalue weighted by Crippen LogP contribution is -2.35. The summed E-state index contributed by atoms with van der Waals surface area (Å²) >= 11 is 5.23. The average molecular weight is 442 g/mol. The molecule has 0 heterocycles. The topological polar surface area (TPSA) is 88.7 Å². The first-order valence-electron chi connectivity index (χ1n) is 9.79. The van der Waals surface area contributed by atoms with E-state index < -0.39 is 5.91 Å². The minimum atomic E-state index is -0.408. The van der Waals surface area contributed by atoms with E-state index in [4.69, 9.17) is 21.7 Å². The lowest BCUT2D eigenvalue weighted by Gasteiger charge is -2.15. The quantitative estimate of drug-likeness (QED) is 0.427. The molecule has 2 amide bonds. The highest BCUT2D eigenvalue weighted by molar-refractivity contribution is 7.80. The fourth-order valence-corrected chi connectivity index (χ4v) is 2.84. The van der Waals surface area contributed by atoms with Gasteiger partial charge in [-0.1, -0.05) is 25.1 Å². The first-order valence-corrected chi connectivity index (χ1v) is 10.2. The van der Waals surface area contributed by atoms with Gasteiger partial charge in [0, 0.05) is 12.1 Å². The van der Waals surface area contributed by atoms with Gasteiger partial charge in [0.25, 0.3) is 5.91 Å². The number of carbonyl (C=O) groups is 2. The van der Waals surface area contributed by atoms with Crippen LogP contribution in [0.4, 0.5) is 5.69 Å². The average Bonchev–Trinajstić information content (AvgIpc) is 2.77. The number of thiocarbonyl (C=S) groups is 1. The van der Waals surface area contributed by atoms with E-state index in [-0.39, 0.29) is 17.1 Å². The normalized spacial score (nSPS) is 11.5. The van der Waals surface area contributed by atoms with E-state index in [2.05, 4.69) is 16.0 Å². The summed E-state index contributed by atoms with van der Waals surface area (Å²) in [5.74, 6) is 0.550. The molecule has 2 rings (SSSR count). The van der Waals surface area contributed by atoms with Crippen LogP contribution in [0.3, 0.4) is 0 Å². The molecule has 7 nitrogen and oxygen atoms in total. The van der Waals surface area contributed by atoms with Crippen molar-refractivity contribution in [1.29, 1.82) is 0 Å². The maximum absolute atomic E-state index is 12.5. The molecular weight excluding hydrogens is 414 g/mol. The van der Waals surface area contributed by atoms with Crippen LogP contribution in [0.1, 0.15) is 36.2 Å². The van der Waals surface area contributed by atoms with Crippen LogP contribution in [0.2, 0.25) is 0 Å². The van der Waals surface area contributed by atoms with Gasteiger partial charge in [0.2, 0.25) is 5.91 Å². The van der Waals surface area contributed by atoms with Gasteiger partial charge < -0.3 is 20.1 Å². The second-order valence-corrected chi connectivity index (χ2v) is 7.13. The van der Waals surface area contributed by atoms with E-state index >= 15 is 0 Å². The Bertz CT molecular complexity index is 975.